The Kier molecular flexibility index (Phi) is 12.3. The number of hydrogen-bond donors (Lipinski definition) is 5. The number of urea groups is 1. The molecular weight excluding hydrogens is 476 g/mol. The van der Waals surface area contributed by atoms with E-state index in [9.17, 15) is 29.4 Å². The van der Waals surface area contributed by atoms with Crippen LogP contribution in [0, 0.1) is 11.8 Å². The Morgan fingerprint density at radius 3 is 2.27 bits per heavy atom. The van der Waals surface area contributed by atoms with Crippen molar-refractivity contribution in [2.75, 3.05) is 13.1 Å². The summed E-state index contributed by atoms with van der Waals surface area (Å²) in [4.78, 5) is 51.6. The molecule has 0 aromatic heterocycles. The number of nitrogens with zero attached hydrogens (tertiary/aromatic N) is 1. The predicted octanol–water partition coefficient (Wildman–Crippen LogP) is 2.78. The van der Waals surface area contributed by atoms with Crippen LogP contribution < -0.4 is 16.0 Å². The monoisotopic (exact) mass is 524 g/mol. The number of Topliss-reactive ketones (excluding diaryl/α,β-unsaturated/α-hetero) is 1. The van der Waals surface area contributed by atoms with Gasteiger partial charge in [0.2, 0.25) is 5.91 Å². The lowest BCUT2D eigenvalue weighted by Gasteiger charge is -2.37. The number of amides is 3. The lowest BCUT2D eigenvalue weighted by Crippen LogP contribution is -2.61. The van der Waals surface area contributed by atoms with Gasteiger partial charge in [-0.05, 0) is 44.4 Å². The normalized spacial score (nSPS) is 20.8. The first-order valence-electron chi connectivity index (χ1n) is 14.1. The molecule has 0 radical (unpaired) electrons. The third-order valence-electron chi connectivity index (χ3n) is 7.77. The van der Waals surface area contributed by atoms with Crippen LogP contribution in [0.3, 0.4) is 0 Å². The van der Waals surface area contributed by atoms with Crippen molar-refractivity contribution in [1.29, 1.82) is 0 Å². The van der Waals surface area contributed by atoms with E-state index in [4.69, 9.17) is 0 Å². The van der Waals surface area contributed by atoms with E-state index in [0.717, 1.165) is 44.9 Å². The van der Waals surface area contributed by atoms with Gasteiger partial charge in [-0.2, -0.15) is 0 Å². The molecule has 0 bridgehead atoms. The van der Waals surface area contributed by atoms with Crippen LogP contribution in [0.4, 0.5) is 4.79 Å². The number of likely N-dealkylation sites (tertiary alicyclic amines) is 1. The summed E-state index contributed by atoms with van der Waals surface area (Å²) in [6.07, 6.45) is 7.39. The number of hydrogen-bond acceptors (Lipinski definition) is 6. The van der Waals surface area contributed by atoms with Gasteiger partial charge in [-0.15, -0.1) is 0 Å². The molecule has 37 heavy (non-hydrogen) atoms. The number of aliphatic hydroxyl groups excluding tert-OH is 1. The Morgan fingerprint density at radius 2 is 1.70 bits per heavy atom. The van der Waals surface area contributed by atoms with Crippen LogP contribution >= 0.6 is 0 Å². The molecule has 1 aliphatic heterocycles. The highest BCUT2D eigenvalue weighted by atomic mass is 16.4. The zero-order valence-electron chi connectivity index (χ0n) is 23.1. The minimum atomic E-state index is -1.26. The molecule has 1 saturated heterocycles. The number of rotatable bonds is 17. The number of ketones is 1. The van der Waals surface area contributed by atoms with E-state index in [0.29, 0.717) is 32.2 Å². The largest absolute Gasteiger partial charge is 0.480 e. The maximum absolute atomic E-state index is 12.9. The Bertz CT molecular complexity index is 787. The number of aliphatic carboxylic acids is 1. The van der Waals surface area contributed by atoms with Gasteiger partial charge in [-0.25, -0.2) is 4.79 Å². The molecule has 4 atom stereocenters. The number of carbonyl (C=O) groups is 4. The van der Waals surface area contributed by atoms with Crippen LogP contribution in [0.5, 0.6) is 0 Å². The number of aliphatic hydroxyl groups is 1. The second kappa shape index (κ2) is 14.7. The maximum atomic E-state index is 12.9. The van der Waals surface area contributed by atoms with E-state index in [2.05, 4.69) is 22.9 Å². The molecule has 3 amide bonds. The molecule has 5 N–H and O–H groups in total. The molecule has 2 fully saturated rings. The van der Waals surface area contributed by atoms with Crippen LogP contribution in [0.25, 0.3) is 0 Å². The minimum Gasteiger partial charge on any atom is -0.480 e. The maximum Gasteiger partial charge on any atom is 0.323 e. The molecule has 10 nitrogen and oxygen atoms in total. The smallest absolute Gasteiger partial charge is 0.323 e. The quantitative estimate of drug-likeness (QED) is 0.145. The van der Waals surface area contributed by atoms with E-state index in [1.807, 2.05) is 13.8 Å². The van der Waals surface area contributed by atoms with Gasteiger partial charge in [0.05, 0.1) is 18.6 Å². The van der Waals surface area contributed by atoms with Crippen molar-refractivity contribution in [2.45, 2.75) is 122 Å². The average molecular weight is 525 g/mol. The lowest BCUT2D eigenvalue weighted by molar-refractivity contribution is -0.148. The average Bonchev–Trinajstić information content (AvgIpc) is 3.59. The summed E-state index contributed by atoms with van der Waals surface area (Å²) in [5.74, 6) is -1.36. The molecule has 0 aromatic rings. The van der Waals surface area contributed by atoms with Gasteiger partial charge in [0.25, 0.3) is 0 Å². The molecule has 2 aliphatic rings. The van der Waals surface area contributed by atoms with Crippen LogP contribution in [0.15, 0.2) is 0 Å². The highest BCUT2D eigenvalue weighted by Gasteiger charge is 2.42. The van der Waals surface area contributed by atoms with Crippen molar-refractivity contribution >= 4 is 23.7 Å². The summed E-state index contributed by atoms with van der Waals surface area (Å²) in [7, 11) is 0. The van der Waals surface area contributed by atoms with E-state index >= 15 is 0 Å². The van der Waals surface area contributed by atoms with Gasteiger partial charge in [0.1, 0.15) is 11.8 Å². The number of carboxylic acid groups (broad SMARTS) is 1. The van der Waals surface area contributed by atoms with Crippen LogP contribution in [-0.4, -0.2) is 75.7 Å². The van der Waals surface area contributed by atoms with Crippen molar-refractivity contribution in [3.8, 4) is 0 Å². The molecule has 10 heteroatoms. The summed E-state index contributed by atoms with van der Waals surface area (Å²) < 4.78 is 0. The number of carbonyl (C=O) groups excluding carboxylic acids is 3. The Hall–Kier alpha value is -2.20. The van der Waals surface area contributed by atoms with Crippen molar-refractivity contribution in [1.82, 2.24) is 20.9 Å². The van der Waals surface area contributed by atoms with Crippen LogP contribution in [0.2, 0.25) is 0 Å². The predicted molar refractivity (Wildman–Crippen MR) is 141 cm³/mol. The van der Waals surface area contributed by atoms with E-state index in [-0.39, 0.29) is 30.1 Å². The zero-order chi connectivity index (χ0) is 27.6. The molecule has 1 aliphatic carbocycles. The molecule has 212 valence electrons. The SMILES string of the molecule is CCCCCCC[C@@](CC)(NC(O)[C@@H]1CCCN1C(=O)CNC(=O)N[C@H](C(=O)C1CC1)C(C)C)C(=O)O. The molecule has 0 aromatic carbocycles. The summed E-state index contributed by atoms with van der Waals surface area (Å²) in [6.45, 7) is 7.81. The third-order valence-corrected chi connectivity index (χ3v) is 7.77. The van der Waals surface area contributed by atoms with Gasteiger partial charge in [0.15, 0.2) is 5.78 Å². The molecule has 0 spiro atoms. The summed E-state index contributed by atoms with van der Waals surface area (Å²) in [5, 5.41) is 29.2. The summed E-state index contributed by atoms with van der Waals surface area (Å²) >= 11 is 0. The summed E-state index contributed by atoms with van der Waals surface area (Å²) in [6, 6.07) is -1.75. The van der Waals surface area contributed by atoms with Gasteiger partial charge in [-0.3, -0.25) is 19.7 Å². The van der Waals surface area contributed by atoms with E-state index in [1.54, 1.807) is 6.92 Å². The minimum absolute atomic E-state index is 0.0195. The first kappa shape index (κ1) is 31.0. The lowest BCUT2D eigenvalue weighted by atomic mass is 9.88. The fourth-order valence-electron chi connectivity index (χ4n) is 5.15. The third kappa shape index (κ3) is 8.95. The second-order valence-electron chi connectivity index (χ2n) is 11.0. The summed E-state index contributed by atoms with van der Waals surface area (Å²) in [5.41, 5.74) is -1.26. The molecule has 1 unspecified atom stereocenters. The topological polar surface area (TPSA) is 148 Å². The standard InChI is InChI=1S/C27H48N4O6/c1-5-7-8-9-10-15-27(6-2,25(35)36)30-24(34)20-12-11-16-31(20)21(32)17-28-26(37)29-22(18(3)4)23(33)19-13-14-19/h18-20,22,24,30,34H,5-17H2,1-4H3,(H,35,36)(H2,28,29,37)/t20-,22-,24?,27+/m0/s1. The Balaban J connectivity index is 1.92. The van der Waals surface area contributed by atoms with Gasteiger partial charge in [-0.1, -0.05) is 59.8 Å². The van der Waals surface area contributed by atoms with E-state index < -0.39 is 35.9 Å². The zero-order valence-corrected chi connectivity index (χ0v) is 23.1. The Morgan fingerprint density at radius 1 is 1.03 bits per heavy atom. The molecule has 2 rings (SSSR count). The first-order valence-corrected chi connectivity index (χ1v) is 14.1. The first-order chi connectivity index (χ1) is 17.6. The van der Waals surface area contributed by atoms with Gasteiger partial charge < -0.3 is 25.7 Å². The number of carboxylic acids is 1. The van der Waals surface area contributed by atoms with E-state index in [1.165, 1.54) is 4.90 Å². The molecule has 1 saturated carbocycles. The van der Waals surface area contributed by atoms with Crippen molar-refractivity contribution < 1.29 is 29.4 Å². The van der Waals surface area contributed by atoms with Crippen molar-refractivity contribution in [2.24, 2.45) is 11.8 Å². The van der Waals surface area contributed by atoms with Crippen molar-refractivity contribution in [3.05, 3.63) is 0 Å². The van der Waals surface area contributed by atoms with Gasteiger partial charge in [0, 0.05) is 12.5 Å². The highest BCUT2D eigenvalue weighted by molar-refractivity contribution is 5.92. The fraction of sp³-hybridized carbons (Fsp3) is 0.852. The number of unbranched alkanes of at least 4 members (excludes halogenated alkanes) is 4. The van der Waals surface area contributed by atoms with Gasteiger partial charge >= 0.3 is 12.0 Å². The highest BCUT2D eigenvalue weighted by Crippen LogP contribution is 2.32. The van der Waals surface area contributed by atoms with Crippen LogP contribution in [-0.2, 0) is 14.4 Å². The molecular formula is C27H48N4O6. The van der Waals surface area contributed by atoms with Crippen molar-refractivity contribution in [3.63, 3.8) is 0 Å². The second-order valence-corrected chi connectivity index (χ2v) is 11.0. The molecule has 1 heterocycles. The Labute approximate surface area is 221 Å². The number of nitrogens with one attached hydrogen (secondary N) is 3. The van der Waals surface area contributed by atoms with Crippen LogP contribution in [0.1, 0.15) is 98.3 Å². The fourth-order valence-corrected chi connectivity index (χ4v) is 5.15.